The summed E-state index contributed by atoms with van der Waals surface area (Å²) < 4.78 is 29.0. The number of ether oxygens (including phenoxy) is 5. The van der Waals surface area contributed by atoms with Gasteiger partial charge in [0.05, 0.1) is 0 Å². The number of benzene rings is 1. The first-order valence-corrected chi connectivity index (χ1v) is 12.5. The van der Waals surface area contributed by atoms with Crippen molar-refractivity contribution in [2.24, 2.45) is 0 Å². The highest BCUT2D eigenvalue weighted by Gasteiger charge is 2.53. The molecule has 0 bridgehead atoms. The van der Waals surface area contributed by atoms with Gasteiger partial charge in [0.15, 0.2) is 29.3 Å². The van der Waals surface area contributed by atoms with Crippen molar-refractivity contribution in [3.8, 4) is 0 Å². The molecule has 1 aromatic carbocycles. The third kappa shape index (κ3) is 8.12. The van der Waals surface area contributed by atoms with E-state index in [9.17, 15) is 19.2 Å². The van der Waals surface area contributed by atoms with Crippen LogP contribution in [0.4, 0.5) is 0 Å². The minimum Gasteiger partial charge on any atom is -0.463 e. The van der Waals surface area contributed by atoms with Crippen LogP contribution < -0.4 is 0 Å². The summed E-state index contributed by atoms with van der Waals surface area (Å²) in [6.07, 6.45) is -3.08. The van der Waals surface area contributed by atoms with Crippen LogP contribution in [0, 0.1) is 9.41 Å². The molecule has 0 amide bonds. The van der Waals surface area contributed by atoms with Crippen LogP contribution in [-0.4, -0.2) is 69.7 Å². The zero-order chi connectivity index (χ0) is 28.7. The van der Waals surface area contributed by atoms with E-state index in [0.29, 0.717) is 5.69 Å². The van der Waals surface area contributed by atoms with Gasteiger partial charge in [-0.15, -0.1) is 0 Å². The van der Waals surface area contributed by atoms with Crippen LogP contribution in [0.5, 0.6) is 0 Å². The Morgan fingerprint density at radius 3 is 2.08 bits per heavy atom. The third-order valence-corrected chi connectivity index (χ3v) is 5.92. The minimum absolute atomic E-state index is 0.00207. The summed E-state index contributed by atoms with van der Waals surface area (Å²) >= 11 is 10.8. The highest BCUT2D eigenvalue weighted by atomic mass is 32.1. The van der Waals surface area contributed by atoms with Crippen molar-refractivity contribution in [3.63, 3.8) is 0 Å². The molecule has 2 heterocycles. The van der Waals surface area contributed by atoms with Crippen LogP contribution >= 0.6 is 24.4 Å². The Morgan fingerprint density at radius 1 is 0.897 bits per heavy atom. The van der Waals surface area contributed by atoms with Crippen molar-refractivity contribution in [1.82, 2.24) is 14.8 Å². The summed E-state index contributed by atoms with van der Waals surface area (Å²) in [6, 6.07) is 9.40. The smallest absolute Gasteiger partial charge is 0.303 e. The average molecular weight is 578 g/mol. The van der Waals surface area contributed by atoms with Crippen molar-refractivity contribution < 1.29 is 42.9 Å². The van der Waals surface area contributed by atoms with Gasteiger partial charge in [0, 0.05) is 27.7 Å². The number of esters is 4. The van der Waals surface area contributed by atoms with Gasteiger partial charge in [-0.1, -0.05) is 48.6 Å². The number of H-pyrrole nitrogens is 1. The fourth-order valence-corrected chi connectivity index (χ4v) is 4.37. The molecule has 1 aliphatic heterocycles. The molecule has 5 atom stereocenters. The van der Waals surface area contributed by atoms with Crippen LogP contribution in [0.3, 0.4) is 0 Å². The van der Waals surface area contributed by atoms with Gasteiger partial charge in [-0.25, -0.2) is 4.68 Å². The van der Waals surface area contributed by atoms with E-state index in [-0.39, 0.29) is 16.0 Å². The number of hydrogen-bond donors (Lipinski definition) is 1. The summed E-state index contributed by atoms with van der Waals surface area (Å²) in [7, 11) is 0. The summed E-state index contributed by atoms with van der Waals surface area (Å²) in [6.45, 7) is 4.23. The Morgan fingerprint density at radius 2 is 1.49 bits per heavy atom. The van der Waals surface area contributed by atoms with Crippen LogP contribution in [0.15, 0.2) is 30.3 Å². The second-order valence-corrected chi connectivity index (χ2v) is 9.22. The van der Waals surface area contributed by atoms with Crippen LogP contribution in [0.25, 0.3) is 12.2 Å². The Labute approximate surface area is 233 Å². The minimum atomic E-state index is -1.38. The Bertz CT molecular complexity index is 1370. The zero-order valence-electron chi connectivity index (χ0n) is 21.5. The molecule has 1 fully saturated rings. The maximum absolute atomic E-state index is 12.1. The van der Waals surface area contributed by atoms with E-state index < -0.39 is 54.5 Å². The van der Waals surface area contributed by atoms with Gasteiger partial charge >= 0.3 is 23.9 Å². The molecule has 0 radical (unpaired) electrons. The largest absolute Gasteiger partial charge is 0.463 e. The molecular formula is C25H27N3O9S2. The molecule has 14 heteroatoms. The number of aromatic amines is 1. The molecule has 0 spiro atoms. The van der Waals surface area contributed by atoms with E-state index in [2.05, 4.69) is 10.1 Å². The lowest BCUT2D eigenvalue weighted by Gasteiger charge is -2.44. The predicted octanol–water partition coefficient (Wildman–Crippen LogP) is 3.10. The molecule has 3 rings (SSSR count). The van der Waals surface area contributed by atoms with Gasteiger partial charge in [-0.3, -0.25) is 19.2 Å². The molecule has 2 aromatic rings. The zero-order valence-corrected chi connectivity index (χ0v) is 23.2. The number of carbonyl (C=O) groups is 4. The molecule has 1 aliphatic rings. The third-order valence-electron chi connectivity index (χ3n) is 5.32. The van der Waals surface area contributed by atoms with Gasteiger partial charge in [0.1, 0.15) is 23.0 Å². The van der Waals surface area contributed by atoms with Gasteiger partial charge in [-0.2, -0.15) is 5.10 Å². The lowest BCUT2D eigenvalue weighted by Crippen LogP contribution is -2.60. The van der Waals surface area contributed by atoms with Gasteiger partial charge in [-0.05, 0) is 23.9 Å². The lowest BCUT2D eigenvalue weighted by atomic mass is 9.97. The first kappa shape index (κ1) is 29.8. The molecule has 1 aromatic heterocycles. The molecule has 39 heavy (non-hydrogen) atoms. The SMILES string of the molecule is CC(=O)OC[C@H]1O[C@@H](n2nc(/C=C/c3ccccc3)c(=S)[nH]c2=S)[C@H](OC(C)=O)[C@@H](OC(C)=O)[C@@H]1OC(C)=O. The summed E-state index contributed by atoms with van der Waals surface area (Å²) in [4.78, 5) is 50.6. The first-order chi connectivity index (χ1) is 18.5. The summed E-state index contributed by atoms with van der Waals surface area (Å²) in [5.74, 6) is -2.86. The molecule has 1 N–H and O–H groups in total. The first-order valence-electron chi connectivity index (χ1n) is 11.7. The number of carbonyl (C=O) groups excluding carboxylic acids is 4. The van der Waals surface area contributed by atoms with Crippen molar-refractivity contribution in [2.45, 2.75) is 58.3 Å². The summed E-state index contributed by atoms with van der Waals surface area (Å²) in [5.41, 5.74) is 1.19. The Hall–Kier alpha value is -3.75. The number of nitrogens with one attached hydrogen (secondary N) is 1. The standard InChI is InChI=1S/C25H27N3O9S2/c1-13(29)33-12-19-20(34-14(2)30)21(35-15(3)31)22(36-16(4)32)24(37-19)28-25(39)26-23(38)18(27-28)11-10-17-8-6-5-7-9-17/h5-11,19-22,24H,12H2,1-4H3,(H,26,38,39)/b11-10+/t19-,20-,21+,22-,24-/m1/s1. The van der Waals surface area contributed by atoms with E-state index in [0.717, 1.165) is 26.3 Å². The molecule has 0 aliphatic carbocycles. The quantitative estimate of drug-likeness (QED) is 0.279. The van der Waals surface area contributed by atoms with Crippen molar-refractivity contribution >= 4 is 60.5 Å². The van der Waals surface area contributed by atoms with Crippen molar-refractivity contribution in [1.29, 1.82) is 0 Å². The highest BCUT2D eigenvalue weighted by Crippen LogP contribution is 2.34. The van der Waals surface area contributed by atoms with E-state index >= 15 is 0 Å². The molecule has 0 saturated carbocycles. The second-order valence-electron chi connectivity index (χ2n) is 8.42. The molecule has 12 nitrogen and oxygen atoms in total. The van der Waals surface area contributed by atoms with E-state index in [4.69, 9.17) is 48.1 Å². The Balaban J connectivity index is 2.14. The van der Waals surface area contributed by atoms with Crippen LogP contribution in [-0.2, 0) is 42.9 Å². The highest BCUT2D eigenvalue weighted by molar-refractivity contribution is 7.72. The number of hydrogen-bond acceptors (Lipinski definition) is 12. The van der Waals surface area contributed by atoms with Crippen molar-refractivity contribution in [3.05, 3.63) is 51.0 Å². The number of nitrogens with zero attached hydrogens (tertiary/aromatic N) is 2. The van der Waals surface area contributed by atoms with Gasteiger partial charge < -0.3 is 28.7 Å². The van der Waals surface area contributed by atoms with Gasteiger partial charge in [0.2, 0.25) is 0 Å². The predicted molar refractivity (Wildman–Crippen MR) is 141 cm³/mol. The molecule has 1 saturated heterocycles. The number of rotatable bonds is 8. The maximum atomic E-state index is 12.1. The Kier molecular flexibility index (Phi) is 10.2. The fraction of sp³-hybridized carbons (Fsp3) is 0.400. The molecule has 0 unspecified atom stereocenters. The topological polar surface area (TPSA) is 148 Å². The monoisotopic (exact) mass is 577 g/mol. The van der Waals surface area contributed by atoms with E-state index in [1.54, 1.807) is 12.2 Å². The van der Waals surface area contributed by atoms with Crippen LogP contribution in [0.2, 0.25) is 0 Å². The maximum Gasteiger partial charge on any atom is 0.303 e. The van der Waals surface area contributed by atoms with E-state index in [1.165, 1.54) is 11.6 Å². The normalized spacial score (nSPS) is 22.6. The number of aromatic nitrogens is 3. The van der Waals surface area contributed by atoms with E-state index in [1.807, 2.05) is 30.3 Å². The second kappa shape index (κ2) is 13.4. The summed E-state index contributed by atoms with van der Waals surface area (Å²) in [5, 5.41) is 4.52. The van der Waals surface area contributed by atoms with Gasteiger partial charge in [0.25, 0.3) is 0 Å². The lowest BCUT2D eigenvalue weighted by molar-refractivity contribution is -0.271. The van der Waals surface area contributed by atoms with Crippen LogP contribution in [0.1, 0.15) is 45.2 Å². The van der Waals surface area contributed by atoms with Crippen molar-refractivity contribution in [2.75, 3.05) is 6.61 Å². The fourth-order valence-electron chi connectivity index (χ4n) is 3.85. The molecular weight excluding hydrogens is 550 g/mol. The molecule has 208 valence electrons. The average Bonchev–Trinajstić information content (AvgIpc) is 2.85.